The Morgan fingerprint density at radius 2 is 1.75 bits per heavy atom. The van der Waals surface area contributed by atoms with Crippen molar-refractivity contribution >= 4 is 23.3 Å². The summed E-state index contributed by atoms with van der Waals surface area (Å²) in [4.78, 5) is 45.1. The molecule has 0 unspecified atom stereocenters. The third kappa shape index (κ3) is 6.64. The zero-order valence-electron chi connectivity index (χ0n) is 27.6. The number of amidine groups is 1. The Bertz CT molecular complexity index is 1810. The van der Waals surface area contributed by atoms with Crippen molar-refractivity contribution in [2.24, 2.45) is 10.7 Å². The second-order valence-electron chi connectivity index (χ2n) is 13.9. The van der Waals surface area contributed by atoms with Crippen LogP contribution < -0.4 is 16.0 Å². The number of aromatic nitrogens is 3. The highest BCUT2D eigenvalue weighted by Crippen LogP contribution is 2.44. The summed E-state index contributed by atoms with van der Waals surface area (Å²) in [7, 11) is 0. The van der Waals surface area contributed by atoms with E-state index in [1.54, 1.807) is 0 Å². The number of rotatable bonds is 8. The van der Waals surface area contributed by atoms with Crippen molar-refractivity contribution in [3.8, 4) is 11.1 Å². The highest BCUT2D eigenvalue weighted by Gasteiger charge is 2.49. The van der Waals surface area contributed by atoms with Crippen LogP contribution in [-0.4, -0.2) is 56.4 Å². The van der Waals surface area contributed by atoms with Crippen LogP contribution in [0, 0.1) is 13.8 Å². The monoisotopic (exact) mass is 665 g/mol. The standard InChI is InChI=1S/C35H39F4N7O2/c1-18-16-34(32(48)44-31(45-34)24-10-11-26(35(37,38)39)43-30(24)21-6-7-21)12-13-46(18)25-14-22(8-9-23(25)17-33(4,5)36)29-19(2)41-28(15-27(40)47)42-20(29)3/h8-11,14,18,21H,6-7,12-13,15-17H2,1-5H3,(H2,40,47)(H,44,45,48)/t18-,34+/m0/s1. The fourth-order valence-electron chi connectivity index (χ4n) is 7.07. The minimum absolute atomic E-state index is 0.0696. The molecule has 2 aliphatic heterocycles. The summed E-state index contributed by atoms with van der Waals surface area (Å²) in [5.74, 6) is -0.300. The summed E-state index contributed by atoms with van der Waals surface area (Å²) >= 11 is 0. The number of nitrogens with two attached hydrogens (primary N) is 1. The Hall–Kier alpha value is -4.42. The molecule has 1 aliphatic carbocycles. The molecule has 13 heteroatoms. The topological polar surface area (TPSA) is 126 Å². The number of nitrogens with one attached hydrogen (secondary N) is 1. The summed E-state index contributed by atoms with van der Waals surface area (Å²) in [5, 5.41) is 2.87. The number of alkyl halides is 4. The van der Waals surface area contributed by atoms with Crippen LogP contribution in [0.1, 0.15) is 92.1 Å². The predicted octanol–water partition coefficient (Wildman–Crippen LogP) is 5.67. The number of hydrogen-bond acceptors (Lipinski definition) is 7. The lowest BCUT2D eigenvalue weighted by Gasteiger charge is -2.43. The van der Waals surface area contributed by atoms with Crippen molar-refractivity contribution in [2.75, 3.05) is 11.4 Å². The number of primary amides is 1. The number of nitrogens with zero attached hydrogens (tertiary/aromatic N) is 5. The van der Waals surface area contributed by atoms with Gasteiger partial charge in [-0.1, -0.05) is 12.1 Å². The number of amides is 2. The number of carbonyl (C=O) groups is 2. The summed E-state index contributed by atoms with van der Waals surface area (Å²) in [5.41, 5.74) is 7.20. The number of halogens is 4. The minimum Gasteiger partial charge on any atom is -0.369 e. The highest BCUT2D eigenvalue weighted by molar-refractivity contribution is 6.16. The molecule has 1 saturated carbocycles. The first-order valence-corrected chi connectivity index (χ1v) is 16.2. The van der Waals surface area contributed by atoms with Gasteiger partial charge in [0.15, 0.2) is 0 Å². The minimum atomic E-state index is -4.57. The van der Waals surface area contributed by atoms with Crippen LogP contribution in [0.25, 0.3) is 11.1 Å². The first kappa shape index (κ1) is 33.5. The second-order valence-corrected chi connectivity index (χ2v) is 13.9. The average Bonchev–Trinajstić information content (AvgIpc) is 3.76. The number of carbonyl (C=O) groups excluding carboxylic acids is 2. The summed E-state index contributed by atoms with van der Waals surface area (Å²) in [6.45, 7) is 9.17. The normalized spacial score (nSPS) is 21.4. The molecule has 48 heavy (non-hydrogen) atoms. The van der Waals surface area contributed by atoms with Gasteiger partial charge in [-0.2, -0.15) is 13.2 Å². The molecule has 4 heterocycles. The molecule has 2 amide bonds. The molecule has 254 valence electrons. The fraction of sp³-hybridized carbons (Fsp3) is 0.486. The molecule has 0 bridgehead atoms. The van der Waals surface area contributed by atoms with Gasteiger partial charge < -0.3 is 16.0 Å². The molecule has 1 spiro atoms. The molecule has 2 atom stereocenters. The lowest BCUT2D eigenvalue weighted by molar-refractivity contribution is -0.141. The average molecular weight is 666 g/mol. The Kier molecular flexibility index (Phi) is 8.32. The van der Waals surface area contributed by atoms with Crippen LogP contribution >= 0.6 is 0 Å². The molecule has 9 nitrogen and oxygen atoms in total. The van der Waals surface area contributed by atoms with E-state index in [9.17, 15) is 22.8 Å². The zero-order chi connectivity index (χ0) is 34.8. The SMILES string of the molecule is Cc1nc(CC(N)=O)nc(C)c1-c1ccc(CC(C)(C)F)c(N2CC[C@]3(C[C@@H]2C)N=C(c2ccc(C(F)(F)F)nc2C2CC2)NC3=O)c1. The summed E-state index contributed by atoms with van der Waals surface area (Å²) < 4.78 is 55.5. The number of aliphatic imine (C=N–C) groups is 1. The van der Waals surface area contributed by atoms with Gasteiger partial charge in [-0.3, -0.25) is 14.6 Å². The van der Waals surface area contributed by atoms with Crippen molar-refractivity contribution in [1.29, 1.82) is 0 Å². The van der Waals surface area contributed by atoms with Gasteiger partial charge in [0, 0.05) is 59.5 Å². The van der Waals surface area contributed by atoms with E-state index in [0.29, 0.717) is 47.9 Å². The van der Waals surface area contributed by atoms with E-state index >= 15 is 4.39 Å². The maximum absolute atomic E-state index is 15.1. The van der Waals surface area contributed by atoms with Crippen molar-refractivity contribution in [2.45, 2.75) is 102 Å². The number of anilines is 1. The van der Waals surface area contributed by atoms with Gasteiger partial charge in [-0.15, -0.1) is 0 Å². The Morgan fingerprint density at radius 3 is 2.33 bits per heavy atom. The largest absolute Gasteiger partial charge is 0.433 e. The summed E-state index contributed by atoms with van der Waals surface area (Å²) in [6, 6.07) is 7.94. The molecule has 3 aliphatic rings. The van der Waals surface area contributed by atoms with Gasteiger partial charge in [0.25, 0.3) is 5.91 Å². The fourth-order valence-corrected chi connectivity index (χ4v) is 7.07. The first-order chi connectivity index (χ1) is 22.4. The Balaban J connectivity index is 1.33. The first-order valence-electron chi connectivity index (χ1n) is 16.2. The summed E-state index contributed by atoms with van der Waals surface area (Å²) in [6.07, 6.45) is -2.31. The van der Waals surface area contributed by atoms with Crippen LogP contribution in [0.5, 0.6) is 0 Å². The van der Waals surface area contributed by atoms with E-state index in [1.807, 2.05) is 39.0 Å². The molecule has 2 aromatic heterocycles. The van der Waals surface area contributed by atoms with E-state index in [1.165, 1.54) is 19.9 Å². The smallest absolute Gasteiger partial charge is 0.369 e. The molecule has 2 fully saturated rings. The van der Waals surface area contributed by atoms with Gasteiger partial charge in [0.2, 0.25) is 5.91 Å². The van der Waals surface area contributed by atoms with Crippen molar-refractivity contribution in [3.05, 3.63) is 70.1 Å². The van der Waals surface area contributed by atoms with Crippen molar-refractivity contribution in [1.82, 2.24) is 20.3 Å². The van der Waals surface area contributed by atoms with E-state index in [4.69, 9.17) is 10.7 Å². The van der Waals surface area contributed by atoms with Gasteiger partial charge in [0.1, 0.15) is 28.6 Å². The molecular weight excluding hydrogens is 626 g/mol. The maximum Gasteiger partial charge on any atom is 0.433 e. The van der Waals surface area contributed by atoms with Crippen molar-refractivity contribution in [3.63, 3.8) is 0 Å². The van der Waals surface area contributed by atoms with Gasteiger partial charge in [0.05, 0.1) is 12.1 Å². The van der Waals surface area contributed by atoms with Crippen molar-refractivity contribution < 1.29 is 27.2 Å². The molecule has 0 radical (unpaired) electrons. The Labute approximate surface area is 276 Å². The number of hydrogen-bond donors (Lipinski definition) is 2. The Morgan fingerprint density at radius 1 is 1.06 bits per heavy atom. The van der Waals surface area contributed by atoms with E-state index in [2.05, 4.69) is 25.2 Å². The van der Waals surface area contributed by atoms with Gasteiger partial charge in [-0.05, 0) is 83.2 Å². The lowest BCUT2D eigenvalue weighted by atomic mass is 9.83. The van der Waals surface area contributed by atoms with Crippen LogP contribution in [0.2, 0.25) is 0 Å². The van der Waals surface area contributed by atoms with Gasteiger partial charge in [-0.25, -0.2) is 19.3 Å². The molecule has 1 aromatic carbocycles. The predicted molar refractivity (Wildman–Crippen MR) is 173 cm³/mol. The third-order valence-electron chi connectivity index (χ3n) is 9.29. The number of piperidine rings is 1. The zero-order valence-corrected chi connectivity index (χ0v) is 27.6. The molecule has 6 rings (SSSR count). The van der Waals surface area contributed by atoms with Crippen LogP contribution in [-0.2, 0) is 28.6 Å². The molecule has 3 N–H and O–H groups in total. The quantitative estimate of drug-likeness (QED) is 0.299. The van der Waals surface area contributed by atoms with Gasteiger partial charge >= 0.3 is 6.18 Å². The molecular formula is C35H39F4N7O2. The van der Waals surface area contributed by atoms with E-state index in [-0.39, 0.29) is 36.5 Å². The number of pyridine rings is 1. The van der Waals surface area contributed by atoms with Crippen LogP contribution in [0.3, 0.4) is 0 Å². The van der Waals surface area contributed by atoms with E-state index in [0.717, 1.165) is 41.3 Å². The van der Waals surface area contributed by atoms with E-state index < -0.39 is 29.0 Å². The second kappa shape index (κ2) is 11.9. The van der Waals surface area contributed by atoms with Crippen LogP contribution in [0.15, 0.2) is 35.3 Å². The lowest BCUT2D eigenvalue weighted by Crippen LogP contribution is -2.53. The third-order valence-corrected chi connectivity index (χ3v) is 9.29. The highest BCUT2D eigenvalue weighted by atomic mass is 19.4. The maximum atomic E-state index is 15.1. The molecule has 3 aromatic rings. The molecule has 1 saturated heterocycles. The number of aryl methyl sites for hydroxylation is 2. The van der Waals surface area contributed by atoms with Crippen LogP contribution in [0.4, 0.5) is 23.2 Å². The number of benzene rings is 1.